The Kier molecular flexibility index (Phi) is 4.95. The number of anilines is 1. The number of benzene rings is 2. The van der Waals surface area contributed by atoms with Crippen LogP contribution in [0.1, 0.15) is 11.3 Å². The molecule has 0 aliphatic rings. The standard InChI is InChI=1S/C21H15FN2O2/c1-14-5-7-18(8-6-14)24-21(25)16(13-23)12-19-9-10-20(26-19)15-3-2-4-17(22)11-15/h2-12H,1H3,(H,24,25)/b16-12+. The lowest BCUT2D eigenvalue weighted by molar-refractivity contribution is -0.112. The first-order chi connectivity index (χ1) is 12.5. The van der Waals surface area contributed by atoms with E-state index in [0.29, 0.717) is 22.8 Å². The van der Waals surface area contributed by atoms with Crippen LogP contribution in [0.15, 0.2) is 70.7 Å². The number of nitrogens with zero attached hydrogens (tertiary/aromatic N) is 1. The maximum Gasteiger partial charge on any atom is 0.266 e. The lowest BCUT2D eigenvalue weighted by atomic mass is 10.2. The van der Waals surface area contributed by atoms with E-state index in [2.05, 4.69) is 5.32 Å². The SMILES string of the molecule is Cc1ccc(NC(=O)/C(C#N)=C/c2ccc(-c3cccc(F)c3)o2)cc1. The third-order valence-corrected chi connectivity index (χ3v) is 3.70. The summed E-state index contributed by atoms with van der Waals surface area (Å²) in [4.78, 5) is 12.3. The van der Waals surface area contributed by atoms with Gasteiger partial charge in [0, 0.05) is 17.3 Å². The molecule has 1 aromatic heterocycles. The molecule has 0 spiro atoms. The average molecular weight is 346 g/mol. The summed E-state index contributed by atoms with van der Waals surface area (Å²) < 4.78 is 18.9. The minimum absolute atomic E-state index is 0.0919. The highest BCUT2D eigenvalue weighted by Crippen LogP contribution is 2.24. The van der Waals surface area contributed by atoms with E-state index in [1.54, 1.807) is 36.4 Å². The van der Waals surface area contributed by atoms with Crippen molar-refractivity contribution < 1.29 is 13.6 Å². The van der Waals surface area contributed by atoms with Crippen LogP contribution >= 0.6 is 0 Å². The normalized spacial score (nSPS) is 11.0. The number of amides is 1. The Hall–Kier alpha value is -3.65. The Balaban J connectivity index is 1.80. The fourth-order valence-electron chi connectivity index (χ4n) is 2.35. The molecule has 0 aliphatic carbocycles. The molecule has 0 saturated heterocycles. The molecule has 4 nitrogen and oxygen atoms in total. The first kappa shape index (κ1) is 17.2. The summed E-state index contributed by atoms with van der Waals surface area (Å²) in [6, 6.07) is 18.4. The molecule has 1 heterocycles. The monoisotopic (exact) mass is 346 g/mol. The second kappa shape index (κ2) is 7.49. The molecule has 1 N–H and O–H groups in total. The van der Waals surface area contributed by atoms with Crippen molar-refractivity contribution in [1.82, 2.24) is 0 Å². The predicted octanol–water partition coefficient (Wildman–Crippen LogP) is 4.94. The van der Waals surface area contributed by atoms with Crippen LogP contribution < -0.4 is 5.32 Å². The van der Waals surface area contributed by atoms with Gasteiger partial charge in [-0.2, -0.15) is 5.26 Å². The van der Waals surface area contributed by atoms with Crippen LogP contribution in [-0.4, -0.2) is 5.91 Å². The highest BCUT2D eigenvalue weighted by Gasteiger charge is 2.11. The number of carbonyl (C=O) groups excluding carboxylic acids is 1. The van der Waals surface area contributed by atoms with Crippen LogP contribution in [0.25, 0.3) is 17.4 Å². The molecule has 0 radical (unpaired) electrons. The highest BCUT2D eigenvalue weighted by atomic mass is 19.1. The summed E-state index contributed by atoms with van der Waals surface area (Å²) in [5, 5.41) is 11.9. The zero-order valence-corrected chi connectivity index (χ0v) is 14.0. The zero-order chi connectivity index (χ0) is 18.5. The lowest BCUT2D eigenvalue weighted by Crippen LogP contribution is -2.13. The van der Waals surface area contributed by atoms with Gasteiger partial charge in [-0.05, 0) is 43.3 Å². The van der Waals surface area contributed by atoms with Crippen molar-refractivity contribution in [3.8, 4) is 17.4 Å². The van der Waals surface area contributed by atoms with Crippen molar-refractivity contribution in [2.75, 3.05) is 5.32 Å². The van der Waals surface area contributed by atoms with Crippen molar-refractivity contribution in [3.05, 3.63) is 83.4 Å². The molecule has 0 bridgehead atoms. The summed E-state index contributed by atoms with van der Waals surface area (Å²) in [6.45, 7) is 1.94. The Morgan fingerprint density at radius 3 is 2.62 bits per heavy atom. The summed E-state index contributed by atoms with van der Waals surface area (Å²) in [5.74, 6) is -0.113. The Morgan fingerprint density at radius 2 is 1.92 bits per heavy atom. The van der Waals surface area contributed by atoms with Crippen LogP contribution in [0.5, 0.6) is 0 Å². The molecule has 0 aliphatic heterocycles. The first-order valence-corrected chi connectivity index (χ1v) is 7.91. The number of halogens is 1. The minimum atomic E-state index is -0.528. The Morgan fingerprint density at radius 1 is 1.15 bits per heavy atom. The second-order valence-electron chi connectivity index (χ2n) is 5.70. The van der Waals surface area contributed by atoms with E-state index in [9.17, 15) is 14.4 Å². The molecule has 0 atom stereocenters. The summed E-state index contributed by atoms with van der Waals surface area (Å²) >= 11 is 0. The van der Waals surface area contributed by atoms with E-state index in [1.807, 2.05) is 25.1 Å². The number of nitrogens with one attached hydrogen (secondary N) is 1. The number of rotatable bonds is 4. The van der Waals surface area contributed by atoms with Crippen LogP contribution in [0.2, 0.25) is 0 Å². The van der Waals surface area contributed by atoms with Crippen molar-refractivity contribution in [3.63, 3.8) is 0 Å². The quantitative estimate of drug-likeness (QED) is 0.537. The van der Waals surface area contributed by atoms with E-state index >= 15 is 0 Å². The van der Waals surface area contributed by atoms with Crippen molar-refractivity contribution in [1.29, 1.82) is 5.26 Å². The van der Waals surface area contributed by atoms with E-state index in [-0.39, 0.29) is 11.4 Å². The van der Waals surface area contributed by atoms with Gasteiger partial charge >= 0.3 is 0 Å². The molecular formula is C21H15FN2O2. The van der Waals surface area contributed by atoms with Gasteiger partial charge in [-0.25, -0.2) is 4.39 Å². The van der Waals surface area contributed by atoms with Crippen LogP contribution in [-0.2, 0) is 4.79 Å². The zero-order valence-electron chi connectivity index (χ0n) is 14.0. The highest BCUT2D eigenvalue weighted by molar-refractivity contribution is 6.09. The van der Waals surface area contributed by atoms with Gasteiger partial charge in [0.25, 0.3) is 5.91 Å². The average Bonchev–Trinajstić information content (AvgIpc) is 3.10. The van der Waals surface area contributed by atoms with Gasteiger partial charge in [-0.3, -0.25) is 4.79 Å². The van der Waals surface area contributed by atoms with E-state index in [0.717, 1.165) is 5.56 Å². The van der Waals surface area contributed by atoms with Crippen LogP contribution in [0, 0.1) is 24.1 Å². The molecule has 26 heavy (non-hydrogen) atoms. The number of nitriles is 1. The predicted molar refractivity (Wildman–Crippen MR) is 97.5 cm³/mol. The summed E-state index contributed by atoms with van der Waals surface area (Å²) in [5.41, 5.74) is 2.15. The van der Waals surface area contributed by atoms with Gasteiger partial charge in [0.1, 0.15) is 29.0 Å². The number of carbonyl (C=O) groups is 1. The third-order valence-electron chi connectivity index (χ3n) is 3.70. The van der Waals surface area contributed by atoms with Crippen molar-refractivity contribution in [2.45, 2.75) is 6.92 Å². The van der Waals surface area contributed by atoms with Gasteiger partial charge in [-0.15, -0.1) is 0 Å². The maximum atomic E-state index is 13.3. The Bertz CT molecular complexity index is 1010. The maximum absolute atomic E-state index is 13.3. The van der Waals surface area contributed by atoms with Gasteiger partial charge < -0.3 is 9.73 Å². The molecule has 128 valence electrons. The van der Waals surface area contributed by atoms with E-state index in [4.69, 9.17) is 4.42 Å². The number of hydrogen-bond donors (Lipinski definition) is 1. The summed E-state index contributed by atoms with van der Waals surface area (Å²) in [6.07, 6.45) is 1.35. The largest absolute Gasteiger partial charge is 0.457 e. The summed E-state index contributed by atoms with van der Waals surface area (Å²) in [7, 11) is 0. The molecule has 0 fully saturated rings. The van der Waals surface area contributed by atoms with Crippen LogP contribution in [0.4, 0.5) is 10.1 Å². The fraction of sp³-hybridized carbons (Fsp3) is 0.0476. The number of aryl methyl sites for hydroxylation is 1. The van der Waals surface area contributed by atoms with Gasteiger partial charge in [-0.1, -0.05) is 29.8 Å². The van der Waals surface area contributed by atoms with Crippen LogP contribution in [0.3, 0.4) is 0 Å². The molecule has 0 unspecified atom stereocenters. The topological polar surface area (TPSA) is 66.0 Å². The second-order valence-corrected chi connectivity index (χ2v) is 5.70. The minimum Gasteiger partial charge on any atom is -0.457 e. The molecule has 3 aromatic rings. The van der Waals surface area contributed by atoms with Crippen molar-refractivity contribution in [2.24, 2.45) is 0 Å². The molecule has 0 saturated carbocycles. The Labute approximate surface area is 150 Å². The van der Waals surface area contributed by atoms with E-state index in [1.165, 1.54) is 18.2 Å². The van der Waals surface area contributed by atoms with Gasteiger partial charge in [0.15, 0.2) is 0 Å². The molecule has 1 amide bonds. The molecule has 5 heteroatoms. The van der Waals surface area contributed by atoms with E-state index < -0.39 is 5.91 Å². The third kappa shape index (κ3) is 4.05. The fourth-order valence-corrected chi connectivity index (χ4v) is 2.35. The van der Waals surface area contributed by atoms with Gasteiger partial charge in [0.2, 0.25) is 0 Å². The molecule has 3 rings (SSSR count). The number of furan rings is 1. The first-order valence-electron chi connectivity index (χ1n) is 7.91. The molecule has 2 aromatic carbocycles. The van der Waals surface area contributed by atoms with Crippen molar-refractivity contribution >= 4 is 17.7 Å². The smallest absolute Gasteiger partial charge is 0.266 e. The number of hydrogen-bond acceptors (Lipinski definition) is 3. The van der Waals surface area contributed by atoms with Gasteiger partial charge in [0.05, 0.1) is 0 Å². The lowest BCUT2D eigenvalue weighted by Gasteiger charge is -2.04. The molecular weight excluding hydrogens is 331 g/mol.